The Balaban J connectivity index is 0.00000240. The first-order valence-electron chi connectivity index (χ1n) is 8.20. The lowest BCUT2D eigenvalue weighted by Gasteiger charge is -2.06. The Morgan fingerprint density at radius 1 is 1.14 bits per heavy atom. The van der Waals surface area contributed by atoms with E-state index in [2.05, 4.69) is 15.5 Å². The third-order valence-electron chi connectivity index (χ3n) is 4.21. The second-order valence-corrected chi connectivity index (χ2v) is 7.38. The smallest absolute Gasteiger partial charge is 0.347 e. The zero-order valence-corrected chi connectivity index (χ0v) is 16.6. The van der Waals surface area contributed by atoms with Gasteiger partial charge in [0.2, 0.25) is 4.80 Å². The molecule has 0 saturated carbocycles. The quantitative estimate of drug-likeness (QED) is 0.620. The first-order valence-corrected chi connectivity index (χ1v) is 9.39. The van der Waals surface area contributed by atoms with Gasteiger partial charge < -0.3 is 15.9 Å². The number of nitrogens with one attached hydrogen (secondary N) is 1. The molecule has 0 atom stereocenters. The monoisotopic (exact) mass is 430 g/mol. The zero-order valence-electron chi connectivity index (χ0n) is 15.0. The van der Waals surface area contributed by atoms with Crippen molar-refractivity contribution in [3.8, 4) is 5.69 Å². The lowest BCUT2D eigenvalue weighted by molar-refractivity contribution is -0.110. The second kappa shape index (κ2) is 8.00. The Morgan fingerprint density at radius 2 is 1.83 bits per heavy atom. The normalized spacial score (nSPS) is 14.5. The molecule has 4 rings (SSSR count). The number of carboxylic acid groups (broad SMARTS) is 1. The first-order chi connectivity index (χ1) is 13.5. The van der Waals surface area contributed by atoms with E-state index in [1.54, 1.807) is 54.0 Å². The van der Waals surface area contributed by atoms with Crippen LogP contribution in [0.5, 0.6) is 0 Å². The number of nitrogens with zero attached hydrogens (tertiary/aromatic N) is 3. The van der Waals surface area contributed by atoms with E-state index in [-0.39, 0.29) is 22.0 Å². The molecule has 1 aliphatic heterocycles. The number of benzene rings is 2. The van der Waals surface area contributed by atoms with Gasteiger partial charge in [0.25, 0.3) is 5.91 Å². The molecule has 10 heteroatoms. The topological polar surface area (TPSA) is 128 Å². The van der Waals surface area contributed by atoms with E-state index in [1.165, 1.54) is 0 Å². The van der Waals surface area contributed by atoms with Crippen LogP contribution < -0.4 is 10.1 Å². The van der Waals surface area contributed by atoms with Crippen LogP contribution in [0.2, 0.25) is 5.02 Å². The van der Waals surface area contributed by atoms with Crippen molar-refractivity contribution in [3.63, 3.8) is 0 Å². The summed E-state index contributed by atoms with van der Waals surface area (Å²) < 4.78 is 1.67. The Bertz CT molecular complexity index is 1210. The van der Waals surface area contributed by atoms with Gasteiger partial charge in [-0.25, -0.2) is 4.79 Å². The highest BCUT2D eigenvalue weighted by atomic mass is 35.5. The molecule has 3 aromatic rings. The lowest BCUT2D eigenvalue weighted by Crippen LogP contribution is -2.16. The van der Waals surface area contributed by atoms with Gasteiger partial charge in [0, 0.05) is 22.0 Å². The molecule has 0 aliphatic carbocycles. The summed E-state index contributed by atoms with van der Waals surface area (Å²) in [5.41, 5.74) is 2.71. The van der Waals surface area contributed by atoms with Gasteiger partial charge in [-0.05, 0) is 37.3 Å². The fraction of sp³-hybridized carbons (Fsp3) is 0.0526. The van der Waals surface area contributed by atoms with Crippen molar-refractivity contribution in [3.05, 3.63) is 74.5 Å². The van der Waals surface area contributed by atoms with Crippen molar-refractivity contribution in [2.75, 3.05) is 5.32 Å². The van der Waals surface area contributed by atoms with Crippen LogP contribution in [0, 0.1) is 6.92 Å². The number of carbonyl (C=O) groups excluding carboxylic acids is 1. The molecule has 0 saturated heterocycles. The maximum atomic E-state index is 12.2. The van der Waals surface area contributed by atoms with Crippen LogP contribution in [-0.2, 0) is 4.79 Å². The minimum absolute atomic E-state index is 0. The van der Waals surface area contributed by atoms with Crippen molar-refractivity contribution in [2.45, 2.75) is 6.92 Å². The predicted molar refractivity (Wildman–Crippen MR) is 111 cm³/mol. The molecule has 0 radical (unpaired) electrons. The van der Waals surface area contributed by atoms with Crippen molar-refractivity contribution in [1.29, 1.82) is 0 Å². The Hall–Kier alpha value is -3.27. The van der Waals surface area contributed by atoms with Gasteiger partial charge in [0.05, 0.1) is 5.69 Å². The number of aromatic carboxylic acids is 1. The number of fused-ring (bicyclic) bond motifs is 1. The van der Waals surface area contributed by atoms with Crippen molar-refractivity contribution in [2.24, 2.45) is 10.2 Å². The predicted octanol–water partition coefficient (Wildman–Crippen LogP) is 2.63. The van der Waals surface area contributed by atoms with E-state index in [9.17, 15) is 14.7 Å². The maximum Gasteiger partial charge on any atom is 0.347 e. The van der Waals surface area contributed by atoms with Gasteiger partial charge in [-0.3, -0.25) is 9.36 Å². The second-order valence-electron chi connectivity index (χ2n) is 5.96. The van der Waals surface area contributed by atoms with Crippen molar-refractivity contribution in [1.82, 2.24) is 4.57 Å². The van der Waals surface area contributed by atoms with E-state index in [4.69, 9.17) is 11.6 Å². The molecule has 148 valence electrons. The number of para-hydroxylation sites is 1. The highest BCUT2D eigenvalue weighted by Gasteiger charge is 2.25. The van der Waals surface area contributed by atoms with Gasteiger partial charge in [0.1, 0.15) is 4.88 Å². The number of aromatic nitrogens is 1. The van der Waals surface area contributed by atoms with Crippen LogP contribution in [0.3, 0.4) is 0 Å². The van der Waals surface area contributed by atoms with E-state index in [1.807, 2.05) is 6.07 Å². The van der Waals surface area contributed by atoms with Gasteiger partial charge in [-0.15, -0.1) is 10.2 Å². The number of amides is 1. The largest absolute Gasteiger partial charge is 0.477 e. The van der Waals surface area contributed by atoms with E-state index in [0.717, 1.165) is 11.3 Å². The van der Waals surface area contributed by atoms with Gasteiger partial charge in [-0.2, -0.15) is 0 Å². The third kappa shape index (κ3) is 3.70. The molecule has 0 spiro atoms. The summed E-state index contributed by atoms with van der Waals surface area (Å²) in [4.78, 5) is 24.3. The summed E-state index contributed by atoms with van der Waals surface area (Å²) in [6, 6.07) is 14.1. The van der Waals surface area contributed by atoms with E-state index in [0.29, 0.717) is 32.5 Å². The summed E-state index contributed by atoms with van der Waals surface area (Å²) in [7, 11) is 0. The number of rotatable bonds is 3. The molecule has 29 heavy (non-hydrogen) atoms. The Morgan fingerprint density at radius 3 is 2.52 bits per heavy atom. The Kier molecular flexibility index (Phi) is 5.64. The molecule has 2 heterocycles. The van der Waals surface area contributed by atoms with E-state index < -0.39 is 5.97 Å². The number of thiazole rings is 1. The van der Waals surface area contributed by atoms with Crippen molar-refractivity contribution < 1.29 is 20.2 Å². The summed E-state index contributed by atoms with van der Waals surface area (Å²) >= 11 is 6.94. The molecule has 4 N–H and O–H groups in total. The van der Waals surface area contributed by atoms with Crippen LogP contribution in [0.1, 0.15) is 20.9 Å². The van der Waals surface area contributed by atoms with Crippen LogP contribution >= 0.6 is 22.9 Å². The summed E-state index contributed by atoms with van der Waals surface area (Å²) in [6.07, 6.45) is 0. The number of hydrogen-bond donors (Lipinski definition) is 2. The van der Waals surface area contributed by atoms with Crippen LogP contribution in [0.25, 0.3) is 5.69 Å². The number of anilines is 1. The SMILES string of the molecule is Cc1c(C(=O)O)s/c(=N\N=C2/C(=O)Nc3ccccc32)n1-c1ccc(Cl)cc1.O. The first kappa shape index (κ1) is 20.5. The fourth-order valence-corrected chi connectivity index (χ4v) is 3.96. The average molecular weight is 431 g/mol. The molecule has 0 fully saturated rings. The molecule has 0 unspecified atom stereocenters. The minimum Gasteiger partial charge on any atom is -0.477 e. The summed E-state index contributed by atoms with van der Waals surface area (Å²) in [5.74, 6) is -1.40. The molecular weight excluding hydrogens is 416 g/mol. The summed E-state index contributed by atoms with van der Waals surface area (Å²) in [5, 5.41) is 21.1. The van der Waals surface area contributed by atoms with Crippen LogP contribution in [0.15, 0.2) is 58.7 Å². The lowest BCUT2D eigenvalue weighted by atomic mass is 10.1. The van der Waals surface area contributed by atoms with Gasteiger partial charge >= 0.3 is 5.97 Å². The molecule has 1 aromatic heterocycles. The molecule has 1 aliphatic rings. The Labute approximate surface area is 173 Å². The number of hydrogen-bond acceptors (Lipinski definition) is 5. The number of halogens is 1. The van der Waals surface area contributed by atoms with Crippen molar-refractivity contribution >= 4 is 46.2 Å². The number of carbonyl (C=O) groups is 2. The third-order valence-corrected chi connectivity index (χ3v) is 5.58. The zero-order chi connectivity index (χ0) is 19.8. The van der Waals surface area contributed by atoms with Gasteiger partial charge in [0.15, 0.2) is 5.71 Å². The van der Waals surface area contributed by atoms with Crippen LogP contribution in [-0.4, -0.2) is 32.7 Å². The number of carboxylic acids is 1. The molecule has 2 aromatic carbocycles. The maximum absolute atomic E-state index is 12.2. The standard InChI is InChI=1S/C19H13ClN4O3S.H2O/c1-10-16(18(26)27)28-19(24(10)12-8-6-11(20)7-9-12)23-22-15-13-4-2-3-5-14(13)21-17(15)25;/h2-9H,1H3,(H,26,27)(H,21,22,25);1H2/b23-19-;. The molecular formula is C19H15ClN4O4S. The van der Waals surface area contributed by atoms with Crippen LogP contribution in [0.4, 0.5) is 5.69 Å². The van der Waals surface area contributed by atoms with Gasteiger partial charge in [-0.1, -0.05) is 41.1 Å². The highest BCUT2D eigenvalue weighted by molar-refractivity contribution is 7.11. The molecule has 0 bridgehead atoms. The highest BCUT2D eigenvalue weighted by Crippen LogP contribution is 2.23. The fourth-order valence-electron chi connectivity index (χ4n) is 2.91. The van der Waals surface area contributed by atoms with E-state index >= 15 is 0 Å². The molecule has 8 nitrogen and oxygen atoms in total. The summed E-state index contributed by atoms with van der Waals surface area (Å²) in [6.45, 7) is 1.69. The minimum atomic E-state index is -1.05. The average Bonchev–Trinajstić information content (AvgIpc) is 3.17. The molecule has 1 amide bonds.